The van der Waals surface area contributed by atoms with E-state index in [1.54, 1.807) is 6.07 Å². The van der Waals surface area contributed by atoms with Crippen molar-refractivity contribution in [3.05, 3.63) is 28.8 Å². The van der Waals surface area contributed by atoms with Crippen LogP contribution in [0.5, 0.6) is 0 Å². The maximum absolute atomic E-state index is 12.9. The molecule has 1 saturated heterocycles. The minimum Gasteiger partial charge on any atom is -0.373 e. The zero-order chi connectivity index (χ0) is 15.8. The van der Waals surface area contributed by atoms with Crippen LogP contribution in [0.4, 0.5) is 0 Å². The Balaban J connectivity index is 2.44. The third-order valence-corrected chi connectivity index (χ3v) is 5.83. The molecule has 0 aliphatic carbocycles. The minimum atomic E-state index is -3.51. The summed E-state index contributed by atoms with van der Waals surface area (Å²) in [6, 6.07) is 3.60. The van der Waals surface area contributed by atoms with E-state index in [0.717, 1.165) is 16.7 Å². The maximum Gasteiger partial charge on any atom is 0.243 e. The fraction of sp³-hybridized carbons (Fsp3) is 0.600. The largest absolute Gasteiger partial charge is 0.373 e. The van der Waals surface area contributed by atoms with Gasteiger partial charge in [0.15, 0.2) is 0 Å². The molecule has 1 heterocycles. The quantitative estimate of drug-likeness (QED) is 0.919. The van der Waals surface area contributed by atoms with Crippen molar-refractivity contribution in [2.24, 2.45) is 5.73 Å². The van der Waals surface area contributed by atoms with Crippen molar-refractivity contribution >= 4 is 10.0 Å². The van der Waals surface area contributed by atoms with Crippen LogP contribution in [0.2, 0.25) is 0 Å². The van der Waals surface area contributed by atoms with E-state index in [9.17, 15) is 8.42 Å². The molecule has 1 aliphatic heterocycles. The summed E-state index contributed by atoms with van der Waals surface area (Å²) in [4.78, 5) is 0.356. The lowest BCUT2D eigenvalue weighted by Crippen LogP contribution is -2.48. The molecule has 2 rings (SSSR count). The van der Waals surface area contributed by atoms with Crippen molar-refractivity contribution in [1.29, 1.82) is 0 Å². The molecule has 0 aromatic heterocycles. The Morgan fingerprint density at radius 1 is 1.19 bits per heavy atom. The van der Waals surface area contributed by atoms with E-state index in [1.807, 2.05) is 33.8 Å². The van der Waals surface area contributed by atoms with Crippen LogP contribution >= 0.6 is 0 Å². The molecule has 1 aliphatic rings. The summed E-state index contributed by atoms with van der Waals surface area (Å²) in [5.41, 5.74) is 8.36. The van der Waals surface area contributed by atoms with Crippen molar-refractivity contribution in [2.45, 2.75) is 51.3 Å². The third kappa shape index (κ3) is 3.29. The van der Waals surface area contributed by atoms with Gasteiger partial charge in [0.25, 0.3) is 0 Å². The summed E-state index contributed by atoms with van der Waals surface area (Å²) in [5, 5.41) is 0. The Kier molecular flexibility index (Phi) is 4.72. The van der Waals surface area contributed by atoms with E-state index in [-0.39, 0.29) is 12.2 Å². The van der Waals surface area contributed by atoms with Crippen molar-refractivity contribution in [2.75, 3.05) is 13.1 Å². The minimum absolute atomic E-state index is 0.0942. The lowest BCUT2D eigenvalue weighted by atomic mass is 10.1. The zero-order valence-electron chi connectivity index (χ0n) is 13.1. The molecular formula is C15H24N2O3S. The predicted molar refractivity (Wildman–Crippen MR) is 82.6 cm³/mol. The van der Waals surface area contributed by atoms with E-state index in [0.29, 0.717) is 24.5 Å². The first kappa shape index (κ1) is 16.4. The van der Waals surface area contributed by atoms with Gasteiger partial charge in [-0.2, -0.15) is 4.31 Å². The van der Waals surface area contributed by atoms with E-state index in [4.69, 9.17) is 10.5 Å². The number of nitrogens with zero attached hydrogens (tertiary/aromatic N) is 1. The molecule has 2 N–H and O–H groups in total. The molecule has 6 heteroatoms. The average Bonchev–Trinajstić information content (AvgIpc) is 2.37. The van der Waals surface area contributed by atoms with Crippen LogP contribution in [0.3, 0.4) is 0 Å². The lowest BCUT2D eigenvalue weighted by molar-refractivity contribution is -0.0440. The van der Waals surface area contributed by atoms with Crippen molar-refractivity contribution < 1.29 is 13.2 Å². The van der Waals surface area contributed by atoms with Gasteiger partial charge in [0.05, 0.1) is 17.1 Å². The van der Waals surface area contributed by atoms with Crippen LogP contribution in [0.15, 0.2) is 17.0 Å². The van der Waals surface area contributed by atoms with Crippen molar-refractivity contribution in [3.63, 3.8) is 0 Å². The number of benzene rings is 1. The number of rotatable bonds is 3. The van der Waals surface area contributed by atoms with Gasteiger partial charge in [-0.3, -0.25) is 0 Å². The number of ether oxygens (including phenoxy) is 1. The molecule has 0 unspecified atom stereocenters. The Morgan fingerprint density at radius 2 is 1.76 bits per heavy atom. The lowest BCUT2D eigenvalue weighted by Gasteiger charge is -2.34. The Labute approximate surface area is 127 Å². The molecule has 2 atom stereocenters. The van der Waals surface area contributed by atoms with Crippen LogP contribution in [0, 0.1) is 13.8 Å². The maximum atomic E-state index is 12.9. The van der Waals surface area contributed by atoms with Crippen LogP contribution < -0.4 is 5.73 Å². The summed E-state index contributed by atoms with van der Waals surface area (Å²) in [6.45, 7) is 8.68. The highest BCUT2D eigenvalue weighted by molar-refractivity contribution is 7.89. The molecule has 1 aromatic carbocycles. The summed E-state index contributed by atoms with van der Waals surface area (Å²) < 4.78 is 32.9. The highest BCUT2D eigenvalue weighted by atomic mass is 32.2. The van der Waals surface area contributed by atoms with Crippen molar-refractivity contribution in [1.82, 2.24) is 4.31 Å². The third-order valence-electron chi connectivity index (χ3n) is 3.86. The number of hydrogen-bond donors (Lipinski definition) is 1. The molecule has 0 spiro atoms. The van der Waals surface area contributed by atoms with Gasteiger partial charge in [0.1, 0.15) is 0 Å². The van der Waals surface area contributed by atoms with E-state index < -0.39 is 10.0 Å². The number of morpholine rings is 1. The molecule has 0 radical (unpaired) electrons. The first-order valence-corrected chi connectivity index (χ1v) is 8.65. The van der Waals surface area contributed by atoms with Crippen LogP contribution in [-0.4, -0.2) is 38.0 Å². The molecule has 0 bridgehead atoms. The number of hydrogen-bond acceptors (Lipinski definition) is 4. The van der Waals surface area contributed by atoms with E-state index >= 15 is 0 Å². The van der Waals surface area contributed by atoms with Gasteiger partial charge >= 0.3 is 0 Å². The van der Waals surface area contributed by atoms with E-state index in [2.05, 4.69) is 0 Å². The van der Waals surface area contributed by atoms with Crippen LogP contribution in [0.1, 0.15) is 30.5 Å². The number of aryl methyl sites for hydroxylation is 2. The number of sulfonamides is 1. The summed E-state index contributed by atoms with van der Waals surface area (Å²) in [6.07, 6.45) is -0.188. The van der Waals surface area contributed by atoms with Gasteiger partial charge in [0, 0.05) is 19.6 Å². The van der Waals surface area contributed by atoms with Gasteiger partial charge in [0.2, 0.25) is 10.0 Å². The highest BCUT2D eigenvalue weighted by Crippen LogP contribution is 2.26. The zero-order valence-corrected chi connectivity index (χ0v) is 13.9. The number of nitrogens with two attached hydrogens (primary N) is 1. The second kappa shape index (κ2) is 6.04. The molecule has 0 saturated carbocycles. The monoisotopic (exact) mass is 312 g/mol. The standard InChI is InChI=1S/C15H24N2O3S/c1-10-5-11(2)15(6-14(10)7-16)21(18,19)17-8-12(3)20-13(4)9-17/h5-6,12-13H,7-9,16H2,1-4H3/t12-,13+. The van der Waals surface area contributed by atoms with Gasteiger partial charge in [-0.25, -0.2) is 8.42 Å². The first-order valence-electron chi connectivity index (χ1n) is 7.21. The fourth-order valence-corrected chi connectivity index (χ4v) is 4.69. The SMILES string of the molecule is Cc1cc(C)c(S(=O)(=O)N2C[C@@H](C)O[C@@H](C)C2)cc1CN. The molecule has 0 amide bonds. The van der Waals surface area contributed by atoms with Gasteiger partial charge in [-0.05, 0) is 50.5 Å². The Bertz CT molecular complexity index is 618. The normalized spacial score (nSPS) is 24.2. The smallest absolute Gasteiger partial charge is 0.243 e. The predicted octanol–water partition coefficient (Wildman–Crippen LogP) is 1.56. The topological polar surface area (TPSA) is 72.6 Å². The van der Waals surface area contributed by atoms with Gasteiger partial charge in [-0.1, -0.05) is 6.07 Å². The summed E-state index contributed by atoms with van der Waals surface area (Å²) in [7, 11) is -3.51. The molecule has 5 nitrogen and oxygen atoms in total. The second-order valence-corrected chi connectivity index (χ2v) is 7.73. The van der Waals surface area contributed by atoms with Gasteiger partial charge in [-0.15, -0.1) is 0 Å². The van der Waals surface area contributed by atoms with Crippen molar-refractivity contribution in [3.8, 4) is 0 Å². The fourth-order valence-electron chi connectivity index (χ4n) is 2.84. The highest BCUT2D eigenvalue weighted by Gasteiger charge is 2.33. The van der Waals surface area contributed by atoms with Gasteiger partial charge < -0.3 is 10.5 Å². The Hall–Kier alpha value is -0.950. The molecule has 118 valence electrons. The summed E-state index contributed by atoms with van der Waals surface area (Å²) >= 11 is 0. The average molecular weight is 312 g/mol. The first-order chi connectivity index (χ1) is 9.75. The molecule has 1 fully saturated rings. The molecular weight excluding hydrogens is 288 g/mol. The van der Waals surface area contributed by atoms with Crippen LogP contribution in [-0.2, 0) is 21.3 Å². The Morgan fingerprint density at radius 3 is 2.29 bits per heavy atom. The second-order valence-electron chi connectivity index (χ2n) is 5.83. The van der Waals surface area contributed by atoms with E-state index in [1.165, 1.54) is 4.31 Å². The van der Waals surface area contributed by atoms with Crippen LogP contribution in [0.25, 0.3) is 0 Å². The molecule has 1 aromatic rings. The summed E-state index contributed by atoms with van der Waals surface area (Å²) in [5.74, 6) is 0. The molecule has 21 heavy (non-hydrogen) atoms.